The molecule has 1 aliphatic heterocycles. The molecular formula is C40H43FN8OSSi. The molecule has 12 heteroatoms. The number of hydrogen-bond acceptors (Lipinski definition) is 9. The third kappa shape index (κ3) is 6.61. The van der Waals surface area contributed by atoms with E-state index in [1.54, 1.807) is 12.1 Å². The van der Waals surface area contributed by atoms with E-state index in [0.717, 1.165) is 42.6 Å². The number of nitrogens with zero attached hydrogens (tertiary/aromatic N) is 7. The highest BCUT2D eigenvalue weighted by molar-refractivity contribution is 7.16. The van der Waals surface area contributed by atoms with Gasteiger partial charge in [0.2, 0.25) is 0 Å². The van der Waals surface area contributed by atoms with Crippen molar-refractivity contribution in [2.45, 2.75) is 45.2 Å². The van der Waals surface area contributed by atoms with Crippen molar-refractivity contribution in [1.29, 1.82) is 5.26 Å². The molecule has 1 atom stereocenters. The molecule has 0 aliphatic carbocycles. The number of rotatable bonds is 10. The van der Waals surface area contributed by atoms with Crippen LogP contribution < -0.4 is 25.5 Å². The summed E-state index contributed by atoms with van der Waals surface area (Å²) in [7, 11) is -0.763. The Morgan fingerprint density at radius 1 is 0.981 bits per heavy atom. The summed E-state index contributed by atoms with van der Waals surface area (Å²) in [6.45, 7) is 11.9. The Kier molecular flexibility index (Phi) is 9.95. The normalized spacial score (nSPS) is 15.2. The van der Waals surface area contributed by atoms with Crippen LogP contribution in [0, 0.1) is 17.1 Å². The summed E-state index contributed by atoms with van der Waals surface area (Å²) in [6.07, 6.45) is 0.689. The number of benzene rings is 3. The summed E-state index contributed by atoms with van der Waals surface area (Å²) < 4.78 is 22.8. The van der Waals surface area contributed by atoms with Gasteiger partial charge in [-0.3, -0.25) is 0 Å². The Balaban J connectivity index is 1.17. The Morgan fingerprint density at radius 2 is 1.65 bits per heavy atom. The first-order chi connectivity index (χ1) is 25.1. The van der Waals surface area contributed by atoms with Gasteiger partial charge in [0.15, 0.2) is 16.6 Å². The molecule has 1 aliphatic rings. The van der Waals surface area contributed by atoms with E-state index in [1.165, 1.54) is 33.8 Å². The second kappa shape index (κ2) is 14.6. The van der Waals surface area contributed by atoms with Gasteiger partial charge < -0.3 is 19.5 Å². The summed E-state index contributed by atoms with van der Waals surface area (Å²) in [6, 6.07) is 34.0. The van der Waals surface area contributed by atoms with Gasteiger partial charge in [0, 0.05) is 38.3 Å². The van der Waals surface area contributed by atoms with Gasteiger partial charge in [-0.1, -0.05) is 99.7 Å². The van der Waals surface area contributed by atoms with Crippen LogP contribution in [0.25, 0.3) is 16.9 Å². The number of nitrogens with one attached hydrogen (secondary N) is 1. The predicted octanol–water partition coefficient (Wildman–Crippen LogP) is 6.55. The SMILES string of the molecule is CCc1nc2ccc(N3CCN[C@H](CO[Si](c4ccccc4)(c4ccccc4)C(C)(C)C)C3)nn2c1N(C)c1nc(-c2ccc(F)cc2)c(C#N)s1. The van der Waals surface area contributed by atoms with E-state index in [0.29, 0.717) is 34.3 Å². The maximum absolute atomic E-state index is 13.7. The fraction of sp³-hybridized carbons (Fsp3) is 0.300. The molecule has 7 rings (SSSR count). The lowest BCUT2D eigenvalue weighted by atomic mass is 10.1. The van der Waals surface area contributed by atoms with Gasteiger partial charge in [0.25, 0.3) is 8.32 Å². The standard InChI is InChI=1S/C40H43FN8OSSi/c1-6-33-38(47(5)39-45-37(34(25-42)51-39)28-17-19-29(41)20-18-28)49-35(44-33)21-22-36(46-49)48-24-23-43-30(26-48)27-50-52(40(2,3)4,31-13-9-7-10-14-31)32-15-11-8-12-16-32/h7-22,30,43H,6,23-24,26-27H2,1-5H3/t30-/m0/s1. The van der Waals surface area contributed by atoms with E-state index in [2.05, 4.69) is 105 Å². The lowest BCUT2D eigenvalue weighted by molar-refractivity contribution is 0.242. The molecule has 3 aromatic carbocycles. The van der Waals surface area contributed by atoms with E-state index in [9.17, 15) is 9.65 Å². The number of anilines is 3. The van der Waals surface area contributed by atoms with Crippen LogP contribution in [0.2, 0.25) is 5.04 Å². The second-order valence-corrected chi connectivity index (χ2v) is 19.4. The number of nitriles is 1. The molecule has 0 amide bonds. The molecule has 0 spiro atoms. The molecule has 4 heterocycles. The number of fused-ring (bicyclic) bond motifs is 1. The Morgan fingerprint density at radius 3 is 2.27 bits per heavy atom. The molecule has 0 saturated carbocycles. The van der Waals surface area contributed by atoms with Crippen molar-refractivity contribution in [3.63, 3.8) is 0 Å². The van der Waals surface area contributed by atoms with Crippen molar-refractivity contribution in [3.8, 4) is 17.3 Å². The summed E-state index contributed by atoms with van der Waals surface area (Å²) in [5.41, 5.74) is 2.83. The number of imidazole rings is 1. The second-order valence-electron chi connectivity index (χ2n) is 14.1. The van der Waals surface area contributed by atoms with Crippen molar-refractivity contribution in [2.24, 2.45) is 0 Å². The predicted molar refractivity (Wildman–Crippen MR) is 210 cm³/mol. The molecule has 9 nitrogen and oxygen atoms in total. The molecule has 6 aromatic rings. The first-order valence-corrected chi connectivity index (χ1v) is 20.4. The monoisotopic (exact) mass is 730 g/mol. The van der Waals surface area contributed by atoms with Crippen LogP contribution in [-0.4, -0.2) is 67.2 Å². The highest BCUT2D eigenvalue weighted by atomic mass is 32.1. The van der Waals surface area contributed by atoms with E-state index < -0.39 is 8.32 Å². The smallest absolute Gasteiger partial charge is 0.261 e. The summed E-state index contributed by atoms with van der Waals surface area (Å²) >= 11 is 1.29. The minimum Gasteiger partial charge on any atom is -0.406 e. The van der Waals surface area contributed by atoms with Gasteiger partial charge in [-0.25, -0.2) is 14.4 Å². The van der Waals surface area contributed by atoms with Crippen LogP contribution >= 0.6 is 11.3 Å². The number of aryl methyl sites for hydroxylation is 1. The van der Waals surface area contributed by atoms with E-state index in [-0.39, 0.29) is 16.9 Å². The molecule has 1 saturated heterocycles. The molecule has 266 valence electrons. The lowest BCUT2D eigenvalue weighted by Gasteiger charge is -2.44. The number of hydrogen-bond donors (Lipinski definition) is 1. The summed E-state index contributed by atoms with van der Waals surface area (Å²) in [5.74, 6) is 1.31. The first-order valence-electron chi connectivity index (χ1n) is 17.7. The fourth-order valence-electron chi connectivity index (χ4n) is 7.25. The van der Waals surface area contributed by atoms with Gasteiger partial charge in [0.1, 0.15) is 28.3 Å². The average molecular weight is 731 g/mol. The minimum absolute atomic E-state index is 0.0913. The van der Waals surface area contributed by atoms with Crippen molar-refractivity contribution in [2.75, 3.05) is 43.1 Å². The van der Waals surface area contributed by atoms with Crippen LogP contribution in [0.15, 0.2) is 97.1 Å². The average Bonchev–Trinajstić information content (AvgIpc) is 3.77. The van der Waals surface area contributed by atoms with Crippen LogP contribution in [0.5, 0.6) is 0 Å². The number of aromatic nitrogens is 4. The minimum atomic E-state index is -2.69. The maximum atomic E-state index is 13.7. The van der Waals surface area contributed by atoms with Crippen molar-refractivity contribution >= 4 is 52.4 Å². The maximum Gasteiger partial charge on any atom is 0.261 e. The van der Waals surface area contributed by atoms with Gasteiger partial charge in [-0.05, 0) is 58.2 Å². The molecule has 0 unspecified atom stereocenters. The molecule has 0 radical (unpaired) electrons. The largest absolute Gasteiger partial charge is 0.406 e. The molecule has 3 aromatic heterocycles. The summed E-state index contributed by atoms with van der Waals surface area (Å²) in [5, 5.41) is 21.9. The van der Waals surface area contributed by atoms with Crippen LogP contribution in [-0.2, 0) is 10.8 Å². The molecule has 52 heavy (non-hydrogen) atoms. The van der Waals surface area contributed by atoms with E-state index in [4.69, 9.17) is 19.5 Å². The van der Waals surface area contributed by atoms with Gasteiger partial charge >= 0.3 is 0 Å². The van der Waals surface area contributed by atoms with E-state index in [1.807, 2.05) is 28.6 Å². The highest BCUT2D eigenvalue weighted by Crippen LogP contribution is 2.38. The Labute approximate surface area is 309 Å². The molecule has 1 fully saturated rings. The molecular weight excluding hydrogens is 688 g/mol. The van der Waals surface area contributed by atoms with Gasteiger partial charge in [-0.2, -0.15) is 9.78 Å². The quantitative estimate of drug-likeness (QED) is 0.159. The van der Waals surface area contributed by atoms with Crippen LogP contribution in [0.3, 0.4) is 0 Å². The molecule has 0 bridgehead atoms. The van der Waals surface area contributed by atoms with Crippen LogP contribution in [0.1, 0.15) is 38.3 Å². The van der Waals surface area contributed by atoms with Crippen LogP contribution in [0.4, 0.5) is 21.2 Å². The zero-order chi connectivity index (χ0) is 36.5. The third-order valence-electron chi connectivity index (χ3n) is 9.78. The number of thiazole rings is 1. The molecule has 1 N–H and O–H groups in total. The first kappa shape index (κ1) is 35.5. The van der Waals surface area contributed by atoms with Crippen molar-refractivity contribution < 1.29 is 8.82 Å². The number of halogens is 1. The lowest BCUT2D eigenvalue weighted by Crippen LogP contribution is -2.68. The topological polar surface area (TPSA) is 94.6 Å². The Bertz CT molecular complexity index is 2160. The van der Waals surface area contributed by atoms with Crippen molar-refractivity contribution in [1.82, 2.24) is 24.9 Å². The summed E-state index contributed by atoms with van der Waals surface area (Å²) in [4.78, 5) is 14.5. The number of piperazine rings is 1. The van der Waals surface area contributed by atoms with Gasteiger partial charge in [0.05, 0.1) is 12.3 Å². The van der Waals surface area contributed by atoms with Gasteiger partial charge in [-0.15, -0.1) is 5.10 Å². The zero-order valence-corrected chi connectivity index (χ0v) is 32.0. The zero-order valence-electron chi connectivity index (χ0n) is 30.2. The third-order valence-corrected chi connectivity index (χ3v) is 15.8. The fourth-order valence-corrected chi connectivity index (χ4v) is 12.7. The van der Waals surface area contributed by atoms with Crippen molar-refractivity contribution in [3.05, 3.63) is 113 Å². The Hall–Kier alpha value is -4.93. The van der Waals surface area contributed by atoms with E-state index >= 15 is 0 Å². The highest BCUT2D eigenvalue weighted by Gasteiger charge is 2.50.